The highest BCUT2D eigenvalue weighted by Crippen LogP contribution is 2.29. The molecule has 0 unspecified atom stereocenters. The van der Waals surface area contributed by atoms with Crippen molar-refractivity contribution >= 4 is 39.7 Å². The minimum atomic E-state index is 0.194. The van der Waals surface area contributed by atoms with Crippen molar-refractivity contribution in [2.45, 2.75) is 57.0 Å². The van der Waals surface area contributed by atoms with E-state index in [9.17, 15) is 4.79 Å². The first-order chi connectivity index (χ1) is 15.1. The van der Waals surface area contributed by atoms with Gasteiger partial charge in [0.25, 0.3) is 0 Å². The Bertz CT molecular complexity index is 994. The second-order valence-electron chi connectivity index (χ2n) is 8.63. The molecule has 0 radical (unpaired) electrons. The SMILES string of the molecule is CN(C)c1cc(NC2CCC(NC(=O)CCCc3cccs3)CC2)nc2ccccc12. The Kier molecular flexibility index (Phi) is 7.07. The number of fused-ring (bicyclic) bond motifs is 1. The second-order valence-corrected chi connectivity index (χ2v) is 9.66. The van der Waals surface area contributed by atoms with Gasteiger partial charge >= 0.3 is 0 Å². The van der Waals surface area contributed by atoms with E-state index in [2.05, 4.69) is 71.4 Å². The summed E-state index contributed by atoms with van der Waals surface area (Å²) in [6.07, 6.45) is 6.66. The summed E-state index contributed by atoms with van der Waals surface area (Å²) in [7, 11) is 4.14. The first kappa shape index (κ1) is 21.6. The summed E-state index contributed by atoms with van der Waals surface area (Å²) in [6, 6.07) is 15.3. The number of rotatable bonds is 8. The standard InChI is InChI=1S/C25H32N4OS/c1-29(2)23-17-24(28-22-10-4-3-9-21(22)23)26-18-12-14-19(15-13-18)27-25(30)11-5-7-20-8-6-16-31-20/h3-4,6,8-10,16-19H,5,7,11-15H2,1-2H3,(H,26,28)(H,27,30). The van der Waals surface area contributed by atoms with Crippen molar-refractivity contribution in [2.24, 2.45) is 0 Å². The van der Waals surface area contributed by atoms with Gasteiger partial charge in [-0.15, -0.1) is 11.3 Å². The lowest BCUT2D eigenvalue weighted by molar-refractivity contribution is -0.122. The minimum absolute atomic E-state index is 0.194. The van der Waals surface area contributed by atoms with Crippen LogP contribution in [-0.2, 0) is 11.2 Å². The Morgan fingerprint density at radius 3 is 2.61 bits per heavy atom. The van der Waals surface area contributed by atoms with Crippen molar-refractivity contribution in [3.05, 3.63) is 52.7 Å². The average molecular weight is 437 g/mol. The van der Waals surface area contributed by atoms with Crippen LogP contribution in [-0.4, -0.2) is 37.1 Å². The van der Waals surface area contributed by atoms with E-state index in [1.807, 2.05) is 6.07 Å². The van der Waals surface area contributed by atoms with Crippen LogP contribution in [0.25, 0.3) is 10.9 Å². The number of hydrogen-bond acceptors (Lipinski definition) is 5. The van der Waals surface area contributed by atoms with Crippen molar-refractivity contribution in [3.63, 3.8) is 0 Å². The van der Waals surface area contributed by atoms with E-state index in [-0.39, 0.29) is 5.91 Å². The van der Waals surface area contributed by atoms with E-state index in [1.165, 1.54) is 16.0 Å². The fourth-order valence-corrected chi connectivity index (χ4v) is 5.12. The van der Waals surface area contributed by atoms with E-state index in [1.54, 1.807) is 11.3 Å². The van der Waals surface area contributed by atoms with Crippen LogP contribution in [0.3, 0.4) is 0 Å². The molecule has 5 nitrogen and oxygen atoms in total. The van der Waals surface area contributed by atoms with Crippen LogP contribution in [0, 0.1) is 0 Å². The zero-order chi connectivity index (χ0) is 21.6. The fourth-order valence-electron chi connectivity index (χ4n) is 4.37. The van der Waals surface area contributed by atoms with E-state index >= 15 is 0 Å². The number of nitrogens with zero attached hydrogens (tertiary/aromatic N) is 2. The molecule has 3 aromatic rings. The Morgan fingerprint density at radius 2 is 1.87 bits per heavy atom. The molecule has 0 spiro atoms. The Balaban J connectivity index is 1.26. The molecule has 0 saturated heterocycles. The van der Waals surface area contributed by atoms with Crippen molar-refractivity contribution < 1.29 is 4.79 Å². The number of aromatic nitrogens is 1. The number of hydrogen-bond donors (Lipinski definition) is 2. The number of thiophene rings is 1. The number of para-hydroxylation sites is 1. The molecule has 0 aliphatic heterocycles. The van der Waals surface area contributed by atoms with Gasteiger partial charge in [-0.2, -0.15) is 0 Å². The number of anilines is 2. The van der Waals surface area contributed by atoms with Crippen LogP contribution < -0.4 is 15.5 Å². The lowest BCUT2D eigenvalue weighted by Gasteiger charge is -2.30. The Morgan fingerprint density at radius 1 is 1.10 bits per heavy atom. The van der Waals surface area contributed by atoms with Crippen molar-refractivity contribution in [1.29, 1.82) is 0 Å². The predicted molar refractivity (Wildman–Crippen MR) is 131 cm³/mol. The normalized spacial score (nSPS) is 18.6. The third-order valence-electron chi connectivity index (χ3n) is 6.03. The summed E-state index contributed by atoms with van der Waals surface area (Å²) in [5.74, 6) is 1.13. The molecule has 2 aromatic heterocycles. The van der Waals surface area contributed by atoms with Crippen molar-refractivity contribution in [2.75, 3.05) is 24.3 Å². The third-order valence-corrected chi connectivity index (χ3v) is 6.96. The van der Waals surface area contributed by atoms with E-state index < -0.39 is 0 Å². The molecule has 6 heteroatoms. The second kappa shape index (κ2) is 10.1. The smallest absolute Gasteiger partial charge is 0.220 e. The number of pyridine rings is 1. The van der Waals surface area contributed by atoms with Crippen LogP contribution in [0.15, 0.2) is 47.8 Å². The molecule has 1 aliphatic rings. The van der Waals surface area contributed by atoms with Crippen molar-refractivity contribution in [1.82, 2.24) is 10.3 Å². The van der Waals surface area contributed by atoms with Gasteiger partial charge in [0.1, 0.15) is 5.82 Å². The summed E-state index contributed by atoms with van der Waals surface area (Å²) >= 11 is 1.77. The maximum Gasteiger partial charge on any atom is 0.220 e. The molecule has 0 atom stereocenters. The molecular weight excluding hydrogens is 404 g/mol. The van der Waals surface area contributed by atoms with Crippen LogP contribution in [0.5, 0.6) is 0 Å². The first-order valence-electron chi connectivity index (χ1n) is 11.2. The highest BCUT2D eigenvalue weighted by atomic mass is 32.1. The highest BCUT2D eigenvalue weighted by molar-refractivity contribution is 7.09. The number of nitrogens with one attached hydrogen (secondary N) is 2. The van der Waals surface area contributed by atoms with Gasteiger partial charge in [0.05, 0.1) is 5.52 Å². The van der Waals surface area contributed by atoms with Crippen molar-refractivity contribution in [3.8, 4) is 0 Å². The number of aryl methyl sites for hydroxylation is 1. The van der Waals surface area contributed by atoms with E-state index in [0.29, 0.717) is 18.5 Å². The summed E-state index contributed by atoms with van der Waals surface area (Å²) in [6.45, 7) is 0. The monoisotopic (exact) mass is 436 g/mol. The summed E-state index contributed by atoms with van der Waals surface area (Å²) in [4.78, 5) is 20.6. The van der Waals surface area contributed by atoms with Gasteiger partial charge in [-0.05, 0) is 56.0 Å². The summed E-state index contributed by atoms with van der Waals surface area (Å²) < 4.78 is 0. The molecule has 0 bridgehead atoms. The number of benzene rings is 1. The van der Waals surface area contributed by atoms with Gasteiger partial charge in [0, 0.05) is 54.6 Å². The number of carbonyl (C=O) groups is 1. The van der Waals surface area contributed by atoms with E-state index in [0.717, 1.165) is 49.9 Å². The average Bonchev–Trinajstić information content (AvgIpc) is 3.28. The maximum atomic E-state index is 12.3. The predicted octanol–water partition coefficient (Wildman–Crippen LogP) is 5.22. The molecule has 2 N–H and O–H groups in total. The molecule has 31 heavy (non-hydrogen) atoms. The molecule has 164 valence electrons. The lowest BCUT2D eigenvalue weighted by atomic mass is 9.91. The molecule has 4 rings (SSSR count). The molecule has 1 aromatic carbocycles. The van der Waals surface area contributed by atoms with Gasteiger partial charge in [-0.3, -0.25) is 4.79 Å². The van der Waals surface area contributed by atoms with Gasteiger partial charge in [-0.25, -0.2) is 4.98 Å². The molecule has 2 heterocycles. The highest BCUT2D eigenvalue weighted by Gasteiger charge is 2.23. The molecule has 1 fully saturated rings. The topological polar surface area (TPSA) is 57.3 Å². The fraction of sp³-hybridized carbons (Fsp3) is 0.440. The van der Waals surface area contributed by atoms with Gasteiger partial charge < -0.3 is 15.5 Å². The first-order valence-corrected chi connectivity index (χ1v) is 12.1. The van der Waals surface area contributed by atoms with Crippen LogP contribution in [0.4, 0.5) is 11.5 Å². The van der Waals surface area contributed by atoms with Crippen LogP contribution >= 0.6 is 11.3 Å². The Hall–Kier alpha value is -2.60. The van der Waals surface area contributed by atoms with Crippen LogP contribution in [0.1, 0.15) is 43.4 Å². The third kappa shape index (κ3) is 5.76. The number of amides is 1. The molecular formula is C25H32N4OS. The minimum Gasteiger partial charge on any atom is -0.377 e. The van der Waals surface area contributed by atoms with E-state index in [4.69, 9.17) is 4.98 Å². The van der Waals surface area contributed by atoms with Crippen LogP contribution in [0.2, 0.25) is 0 Å². The zero-order valence-corrected chi connectivity index (χ0v) is 19.3. The van der Waals surface area contributed by atoms with Gasteiger partial charge in [-0.1, -0.05) is 24.3 Å². The molecule has 1 amide bonds. The quantitative estimate of drug-likeness (QED) is 0.508. The van der Waals surface area contributed by atoms with Gasteiger partial charge in [0.15, 0.2) is 0 Å². The lowest BCUT2D eigenvalue weighted by Crippen LogP contribution is -2.40. The zero-order valence-electron chi connectivity index (χ0n) is 18.4. The summed E-state index contributed by atoms with van der Waals surface area (Å²) in [5, 5.41) is 10.2. The summed E-state index contributed by atoms with van der Waals surface area (Å²) in [5.41, 5.74) is 2.19. The largest absolute Gasteiger partial charge is 0.377 e. The number of carbonyl (C=O) groups excluding carboxylic acids is 1. The molecule has 1 aliphatic carbocycles. The Labute approximate surface area is 188 Å². The molecule has 1 saturated carbocycles. The van der Waals surface area contributed by atoms with Gasteiger partial charge in [0.2, 0.25) is 5.91 Å². The maximum absolute atomic E-state index is 12.3.